The van der Waals surface area contributed by atoms with Gasteiger partial charge in [0.2, 0.25) is 10.0 Å². The summed E-state index contributed by atoms with van der Waals surface area (Å²) in [5, 5.41) is 0.279. The molecule has 0 N–H and O–H groups in total. The van der Waals surface area contributed by atoms with E-state index in [-0.39, 0.29) is 36.2 Å². The van der Waals surface area contributed by atoms with Crippen molar-refractivity contribution in [3.8, 4) is 0 Å². The Labute approximate surface area is 238 Å². The second-order valence-corrected chi connectivity index (χ2v) is 12.0. The number of rotatable bonds is 7. The largest absolute Gasteiger partial charge is 0.464 e. The quantitative estimate of drug-likeness (QED) is 0.283. The van der Waals surface area contributed by atoms with E-state index in [0.717, 1.165) is 15.4 Å². The maximum Gasteiger partial charge on any atom is 0.342 e. The van der Waals surface area contributed by atoms with Crippen LogP contribution in [0.15, 0.2) is 77.7 Å². The lowest BCUT2D eigenvalue weighted by molar-refractivity contribution is -0.190. The molecule has 2 atom stereocenters. The highest BCUT2D eigenvalue weighted by Crippen LogP contribution is 2.62. The first-order valence-electron chi connectivity index (χ1n) is 13.1. The van der Waals surface area contributed by atoms with Crippen LogP contribution in [-0.4, -0.2) is 43.4 Å². The normalized spacial score (nSPS) is 21.8. The van der Waals surface area contributed by atoms with Crippen molar-refractivity contribution in [2.75, 3.05) is 13.2 Å². The summed E-state index contributed by atoms with van der Waals surface area (Å²) in [6, 6.07) is 19.0. The van der Waals surface area contributed by atoms with E-state index >= 15 is 0 Å². The Kier molecular flexibility index (Phi) is 7.52. The molecule has 40 heavy (non-hydrogen) atoms. The third kappa shape index (κ3) is 4.06. The molecule has 210 valence electrons. The van der Waals surface area contributed by atoms with Gasteiger partial charge in [0.15, 0.2) is 0 Å². The molecule has 1 spiro atoms. The van der Waals surface area contributed by atoms with Crippen LogP contribution in [0.4, 0.5) is 0 Å². The molecule has 10 heteroatoms. The summed E-state index contributed by atoms with van der Waals surface area (Å²) in [5.74, 6) is -2.15. The zero-order chi connectivity index (χ0) is 28.7. The van der Waals surface area contributed by atoms with Crippen molar-refractivity contribution in [2.24, 2.45) is 0 Å². The van der Waals surface area contributed by atoms with Crippen molar-refractivity contribution < 1.29 is 32.2 Å². The standard InChI is InChI=1S/C30H30ClNO7S/c1-4-37-27(33)30(28(34)38-5-2)29(24-12-8-6-10-21(24)19-39-29)18-26(23-11-7-9-13-25(23)31)32(30)40(35,36)22-16-14-20(3)15-17-22/h6-17,26H,4-5,18-19H2,1-3H3/t26-,29-/m0/s1. The molecule has 0 amide bonds. The van der Waals surface area contributed by atoms with Crippen LogP contribution in [0.3, 0.4) is 0 Å². The number of carbonyl (C=O) groups excluding carboxylic acids is 2. The Hall–Kier alpha value is -3.24. The minimum Gasteiger partial charge on any atom is -0.464 e. The van der Waals surface area contributed by atoms with Gasteiger partial charge in [-0.3, -0.25) is 0 Å². The predicted molar refractivity (Wildman–Crippen MR) is 148 cm³/mol. The molecule has 2 aliphatic rings. The van der Waals surface area contributed by atoms with Crippen molar-refractivity contribution in [1.82, 2.24) is 4.31 Å². The lowest BCUT2D eigenvalue weighted by Gasteiger charge is -2.42. The SMILES string of the molecule is CCOC(=O)C1(C(=O)OCC)N(S(=O)(=O)c2ccc(C)cc2)[C@H](c2ccccc2Cl)C[C@@]12OCc1ccccc12. The molecule has 0 radical (unpaired) electrons. The maximum atomic E-state index is 14.7. The van der Waals surface area contributed by atoms with Crippen molar-refractivity contribution in [3.05, 3.63) is 100 Å². The zero-order valence-electron chi connectivity index (χ0n) is 22.4. The van der Waals surface area contributed by atoms with E-state index in [2.05, 4.69) is 0 Å². The van der Waals surface area contributed by atoms with Crippen LogP contribution >= 0.6 is 11.6 Å². The molecule has 8 nitrogen and oxygen atoms in total. The molecule has 3 aromatic carbocycles. The van der Waals surface area contributed by atoms with Gasteiger partial charge >= 0.3 is 11.9 Å². The van der Waals surface area contributed by atoms with E-state index in [4.69, 9.17) is 25.8 Å². The number of hydrogen-bond acceptors (Lipinski definition) is 7. The Morgan fingerprint density at radius 2 is 1.55 bits per heavy atom. The molecule has 0 unspecified atom stereocenters. The molecular formula is C30H30ClNO7S. The molecule has 2 heterocycles. The van der Waals surface area contributed by atoms with Gasteiger partial charge in [-0.05, 0) is 55.7 Å². The first-order valence-corrected chi connectivity index (χ1v) is 14.9. The minimum absolute atomic E-state index is 0.0599. The lowest BCUT2D eigenvalue weighted by Crippen LogP contribution is -2.68. The third-order valence-corrected chi connectivity index (χ3v) is 9.85. The van der Waals surface area contributed by atoms with Crippen molar-refractivity contribution in [2.45, 2.75) is 55.9 Å². The van der Waals surface area contributed by atoms with Gasteiger partial charge < -0.3 is 14.2 Å². The summed E-state index contributed by atoms with van der Waals surface area (Å²) in [4.78, 5) is 28.5. The summed E-state index contributed by atoms with van der Waals surface area (Å²) >= 11 is 6.66. The molecule has 0 saturated carbocycles. The monoisotopic (exact) mass is 583 g/mol. The first kappa shape index (κ1) is 28.3. The summed E-state index contributed by atoms with van der Waals surface area (Å²) < 4.78 is 47.9. The summed E-state index contributed by atoms with van der Waals surface area (Å²) in [5.41, 5.74) is -1.80. The maximum absolute atomic E-state index is 14.7. The van der Waals surface area contributed by atoms with E-state index in [1.54, 1.807) is 62.4 Å². The highest BCUT2D eigenvalue weighted by Gasteiger charge is 2.79. The van der Waals surface area contributed by atoms with E-state index in [9.17, 15) is 18.0 Å². The molecule has 3 aromatic rings. The number of fused-ring (bicyclic) bond motifs is 2. The fraction of sp³-hybridized carbons (Fsp3) is 0.333. The Balaban J connectivity index is 1.92. The number of aryl methyl sites for hydroxylation is 1. The Morgan fingerprint density at radius 3 is 2.17 bits per heavy atom. The van der Waals surface area contributed by atoms with Crippen LogP contribution in [0, 0.1) is 6.92 Å². The average Bonchev–Trinajstić information content (AvgIpc) is 3.47. The van der Waals surface area contributed by atoms with Crippen LogP contribution in [-0.2, 0) is 46.0 Å². The van der Waals surface area contributed by atoms with Crippen LogP contribution in [0.25, 0.3) is 0 Å². The molecule has 0 aliphatic carbocycles. The summed E-state index contributed by atoms with van der Waals surface area (Å²) in [6.45, 7) is 4.86. The Bertz CT molecular complexity index is 1540. The molecular weight excluding hydrogens is 554 g/mol. The second kappa shape index (κ2) is 10.6. The van der Waals surface area contributed by atoms with E-state index in [1.807, 2.05) is 19.1 Å². The third-order valence-electron chi connectivity index (χ3n) is 7.59. The minimum atomic E-state index is -4.58. The topological polar surface area (TPSA) is 99.2 Å². The molecule has 1 fully saturated rings. The Morgan fingerprint density at radius 1 is 0.950 bits per heavy atom. The van der Waals surface area contributed by atoms with Gasteiger partial charge in [0.25, 0.3) is 5.54 Å². The van der Waals surface area contributed by atoms with Gasteiger partial charge in [0, 0.05) is 11.4 Å². The second-order valence-electron chi connectivity index (χ2n) is 9.78. The van der Waals surface area contributed by atoms with Crippen molar-refractivity contribution in [3.63, 3.8) is 0 Å². The van der Waals surface area contributed by atoms with Gasteiger partial charge in [-0.25, -0.2) is 18.0 Å². The van der Waals surface area contributed by atoms with Gasteiger partial charge in [-0.1, -0.05) is 71.8 Å². The average molecular weight is 584 g/mol. The number of nitrogens with zero attached hydrogens (tertiary/aromatic N) is 1. The number of halogens is 1. The molecule has 5 rings (SSSR count). The van der Waals surface area contributed by atoms with Crippen LogP contribution < -0.4 is 0 Å². The van der Waals surface area contributed by atoms with Gasteiger partial charge in [-0.15, -0.1) is 0 Å². The molecule has 1 saturated heterocycles. The van der Waals surface area contributed by atoms with Crippen LogP contribution in [0.5, 0.6) is 0 Å². The number of ether oxygens (including phenoxy) is 3. The number of carbonyl (C=O) groups is 2. The van der Waals surface area contributed by atoms with Gasteiger partial charge in [0.1, 0.15) is 5.60 Å². The summed E-state index contributed by atoms with van der Waals surface area (Å²) in [7, 11) is -4.58. The van der Waals surface area contributed by atoms with E-state index in [1.165, 1.54) is 12.1 Å². The van der Waals surface area contributed by atoms with Gasteiger partial charge in [-0.2, -0.15) is 4.31 Å². The highest BCUT2D eigenvalue weighted by atomic mass is 35.5. The van der Waals surface area contributed by atoms with Crippen LogP contribution in [0.2, 0.25) is 5.02 Å². The molecule has 2 aliphatic heterocycles. The van der Waals surface area contributed by atoms with E-state index in [0.29, 0.717) is 11.1 Å². The predicted octanol–water partition coefficient (Wildman–Crippen LogP) is 5.07. The number of esters is 2. The number of hydrogen-bond donors (Lipinski definition) is 0. The smallest absolute Gasteiger partial charge is 0.342 e. The van der Waals surface area contributed by atoms with Crippen molar-refractivity contribution >= 4 is 33.6 Å². The van der Waals surface area contributed by atoms with E-state index < -0.39 is 39.1 Å². The zero-order valence-corrected chi connectivity index (χ0v) is 24.0. The fourth-order valence-electron chi connectivity index (χ4n) is 5.92. The number of sulfonamides is 1. The molecule has 0 aromatic heterocycles. The number of benzene rings is 3. The van der Waals surface area contributed by atoms with Crippen LogP contribution in [0.1, 0.15) is 48.6 Å². The molecule has 0 bridgehead atoms. The first-order chi connectivity index (χ1) is 19.1. The van der Waals surface area contributed by atoms with Gasteiger partial charge in [0.05, 0.1) is 30.8 Å². The van der Waals surface area contributed by atoms with Crippen molar-refractivity contribution in [1.29, 1.82) is 0 Å². The fourth-order valence-corrected chi connectivity index (χ4v) is 8.07. The summed E-state index contributed by atoms with van der Waals surface area (Å²) in [6.07, 6.45) is -0.0868. The lowest BCUT2D eigenvalue weighted by atomic mass is 9.74. The highest BCUT2D eigenvalue weighted by molar-refractivity contribution is 7.89.